The minimum Gasteiger partial charge on any atom is -0.491 e. The fourth-order valence-electron chi connectivity index (χ4n) is 3.32. The molecule has 1 saturated heterocycles. The third-order valence-electron chi connectivity index (χ3n) is 5.16. The third-order valence-corrected chi connectivity index (χ3v) is 5.16. The maximum atomic E-state index is 13.2. The number of carbonyl (C=O) groups is 2. The Bertz CT molecular complexity index is 676. The predicted molar refractivity (Wildman–Crippen MR) is 99.7 cm³/mol. The molecular weight excluding hydrogens is 356 g/mol. The van der Waals surface area contributed by atoms with Crippen molar-refractivity contribution in [2.75, 3.05) is 19.8 Å². The zero-order chi connectivity index (χ0) is 18.0. The Kier molecular flexibility index (Phi) is 6.54. The van der Waals surface area contributed by atoms with Crippen LogP contribution < -0.4 is 10.2 Å². The van der Waals surface area contributed by atoms with E-state index in [9.17, 15) is 9.59 Å². The second-order valence-corrected chi connectivity index (χ2v) is 7.03. The summed E-state index contributed by atoms with van der Waals surface area (Å²) in [5, 5.41) is 8.77. The van der Waals surface area contributed by atoms with Crippen LogP contribution >= 0.6 is 13.5 Å². The topological polar surface area (TPSA) is 88.1 Å². The monoisotopic (exact) mass is 382 g/mol. The molecule has 1 atom stereocenters. The summed E-state index contributed by atoms with van der Waals surface area (Å²) in [5.74, 6) is 0.101. The number of hydrogen-bond acceptors (Lipinski definition) is 5. The van der Waals surface area contributed by atoms with Crippen LogP contribution in [0.5, 0.6) is 5.75 Å². The van der Waals surface area contributed by atoms with Crippen molar-refractivity contribution in [1.29, 1.82) is 0 Å². The fraction of sp³-hybridized carbons (Fsp3) is 0.556. The Morgan fingerprint density at radius 2 is 2.00 bits per heavy atom. The number of carbonyl (C=O) groups excluding carboxylic acids is 2. The van der Waals surface area contributed by atoms with E-state index >= 15 is 0 Å². The highest BCUT2D eigenvalue weighted by molar-refractivity contribution is 7.59. The van der Waals surface area contributed by atoms with Crippen molar-refractivity contribution in [2.45, 2.75) is 39.3 Å². The van der Waals surface area contributed by atoms with Gasteiger partial charge in [0.15, 0.2) is 0 Å². The Morgan fingerprint density at radius 3 is 2.65 bits per heavy atom. The lowest BCUT2D eigenvalue weighted by Gasteiger charge is -2.38. The van der Waals surface area contributed by atoms with Crippen molar-refractivity contribution in [2.24, 2.45) is 5.41 Å². The first-order valence-corrected chi connectivity index (χ1v) is 8.53. The largest absolute Gasteiger partial charge is 0.491 e. The molecule has 2 aliphatic heterocycles. The number of amides is 2. The number of hydroxylamine groups is 1. The highest BCUT2D eigenvalue weighted by Gasteiger charge is 2.40. The van der Waals surface area contributed by atoms with E-state index in [2.05, 4.69) is 0 Å². The molecule has 0 radical (unpaired) electrons. The smallest absolute Gasteiger partial charge is 0.274 e. The number of ether oxygens (including phenoxy) is 2. The van der Waals surface area contributed by atoms with Gasteiger partial charge in [-0.25, -0.2) is 5.48 Å². The van der Waals surface area contributed by atoms with Crippen molar-refractivity contribution >= 4 is 25.3 Å². The first-order chi connectivity index (χ1) is 11.9. The summed E-state index contributed by atoms with van der Waals surface area (Å²) < 4.78 is 11.2. The molecule has 0 spiro atoms. The molecule has 0 bridgehead atoms. The number of hydrogen-bond donors (Lipinski definition) is 2. The average Bonchev–Trinajstić information content (AvgIpc) is 2.79. The van der Waals surface area contributed by atoms with Gasteiger partial charge in [-0.05, 0) is 31.9 Å². The molecule has 144 valence electrons. The molecule has 26 heavy (non-hydrogen) atoms. The van der Waals surface area contributed by atoms with Gasteiger partial charge in [0.25, 0.3) is 5.91 Å². The molecule has 2 heterocycles. The van der Waals surface area contributed by atoms with Crippen molar-refractivity contribution in [3.8, 4) is 5.75 Å². The number of rotatable bonds is 2. The predicted octanol–water partition coefficient (Wildman–Crippen LogP) is 1.84. The van der Waals surface area contributed by atoms with Gasteiger partial charge in [0.05, 0.1) is 11.5 Å². The summed E-state index contributed by atoms with van der Waals surface area (Å²) >= 11 is 0. The molecule has 3 rings (SSSR count). The van der Waals surface area contributed by atoms with Gasteiger partial charge in [-0.3, -0.25) is 14.8 Å². The van der Waals surface area contributed by atoms with Gasteiger partial charge in [0.2, 0.25) is 5.91 Å². The van der Waals surface area contributed by atoms with Gasteiger partial charge >= 0.3 is 0 Å². The molecule has 2 aliphatic rings. The molecule has 0 unspecified atom stereocenters. The van der Waals surface area contributed by atoms with Crippen LogP contribution in [-0.4, -0.2) is 47.8 Å². The minimum absolute atomic E-state index is 0. The lowest BCUT2D eigenvalue weighted by molar-refractivity contribution is -0.149. The zero-order valence-corrected chi connectivity index (χ0v) is 16.1. The van der Waals surface area contributed by atoms with Crippen LogP contribution in [0.2, 0.25) is 0 Å². The van der Waals surface area contributed by atoms with Crippen LogP contribution in [0, 0.1) is 5.41 Å². The fourth-order valence-corrected chi connectivity index (χ4v) is 3.32. The maximum absolute atomic E-state index is 13.2. The second-order valence-electron chi connectivity index (χ2n) is 7.03. The third kappa shape index (κ3) is 3.97. The quantitative estimate of drug-likeness (QED) is 0.602. The van der Waals surface area contributed by atoms with Crippen LogP contribution in [-0.2, 0) is 16.1 Å². The summed E-state index contributed by atoms with van der Waals surface area (Å²) in [4.78, 5) is 26.6. The Hall–Kier alpha value is -1.77. The number of nitrogens with zero attached hydrogens (tertiary/aromatic N) is 1. The summed E-state index contributed by atoms with van der Waals surface area (Å²) in [6, 6.07) is 4.90. The molecule has 1 aromatic rings. The lowest BCUT2D eigenvalue weighted by Crippen LogP contribution is -2.49. The van der Waals surface area contributed by atoms with Gasteiger partial charge in [-0.2, -0.15) is 13.5 Å². The molecule has 2 N–H and O–H groups in total. The van der Waals surface area contributed by atoms with Crippen LogP contribution in [0.25, 0.3) is 0 Å². The van der Waals surface area contributed by atoms with E-state index in [1.54, 1.807) is 23.7 Å². The molecule has 0 aromatic heterocycles. The first-order valence-electron chi connectivity index (χ1n) is 8.53. The van der Waals surface area contributed by atoms with Gasteiger partial charge in [0.1, 0.15) is 12.4 Å². The van der Waals surface area contributed by atoms with Crippen molar-refractivity contribution in [1.82, 2.24) is 10.4 Å². The summed E-state index contributed by atoms with van der Waals surface area (Å²) in [6.07, 6.45) is 1.44. The Balaban J connectivity index is 0.00000243. The molecule has 1 aromatic carbocycles. The number of nitrogens with one attached hydrogen (secondary N) is 1. The molecular formula is C18H26N2O5S. The van der Waals surface area contributed by atoms with Crippen molar-refractivity contribution < 1.29 is 24.3 Å². The van der Waals surface area contributed by atoms with Gasteiger partial charge < -0.3 is 14.4 Å². The highest BCUT2D eigenvalue weighted by atomic mass is 32.1. The van der Waals surface area contributed by atoms with E-state index in [1.165, 1.54) is 0 Å². The second kappa shape index (κ2) is 8.28. The summed E-state index contributed by atoms with van der Waals surface area (Å²) in [7, 11) is 0. The molecule has 0 aliphatic carbocycles. The highest BCUT2D eigenvalue weighted by Crippen LogP contribution is 2.35. The van der Waals surface area contributed by atoms with Gasteiger partial charge in [-0.15, -0.1) is 0 Å². The summed E-state index contributed by atoms with van der Waals surface area (Å²) in [6.45, 7) is 5.98. The van der Waals surface area contributed by atoms with E-state index < -0.39 is 11.3 Å². The summed E-state index contributed by atoms with van der Waals surface area (Å²) in [5.41, 5.74) is 2.37. The van der Waals surface area contributed by atoms with E-state index in [1.807, 2.05) is 18.7 Å². The van der Waals surface area contributed by atoms with Crippen LogP contribution in [0.15, 0.2) is 18.2 Å². The molecule has 2 amide bonds. The zero-order valence-electron chi connectivity index (χ0n) is 15.1. The molecule has 8 heteroatoms. The number of benzene rings is 1. The number of fused-ring (bicyclic) bond motifs is 1. The molecule has 7 nitrogen and oxygen atoms in total. The SMILES string of the molecule is C[C@H]1COc2cc(C(=O)NO)ccc2CN1C(=O)C1(C)CCOCC1.S. The molecule has 0 saturated carbocycles. The van der Waals surface area contributed by atoms with E-state index in [-0.39, 0.29) is 25.4 Å². The normalized spacial score (nSPS) is 21.5. The van der Waals surface area contributed by atoms with Crippen LogP contribution in [0.3, 0.4) is 0 Å². The van der Waals surface area contributed by atoms with Gasteiger partial charge in [0, 0.05) is 30.9 Å². The van der Waals surface area contributed by atoms with Gasteiger partial charge in [-0.1, -0.05) is 13.0 Å². The van der Waals surface area contributed by atoms with E-state index in [0.29, 0.717) is 37.7 Å². The average molecular weight is 382 g/mol. The minimum atomic E-state index is -0.591. The van der Waals surface area contributed by atoms with E-state index in [0.717, 1.165) is 18.4 Å². The Labute approximate surface area is 160 Å². The van der Waals surface area contributed by atoms with Crippen molar-refractivity contribution in [3.63, 3.8) is 0 Å². The first kappa shape index (κ1) is 20.5. The van der Waals surface area contributed by atoms with Crippen molar-refractivity contribution in [3.05, 3.63) is 29.3 Å². The molecule has 1 fully saturated rings. The van der Waals surface area contributed by atoms with Crippen LogP contribution in [0.4, 0.5) is 0 Å². The van der Waals surface area contributed by atoms with E-state index in [4.69, 9.17) is 14.7 Å². The Morgan fingerprint density at radius 1 is 1.31 bits per heavy atom. The van der Waals surface area contributed by atoms with Crippen LogP contribution in [0.1, 0.15) is 42.6 Å². The standard InChI is InChI=1S/C18H24N2O5.H2S/c1-12-11-25-15-9-13(16(21)19-23)3-4-14(15)10-20(12)17(22)18(2)5-7-24-8-6-18;/h3-4,9,12,23H,5-8,10-11H2,1-2H3,(H,19,21);1H2/t12-;/m0./s1. The lowest BCUT2D eigenvalue weighted by atomic mass is 9.80. The maximum Gasteiger partial charge on any atom is 0.274 e.